The third-order valence-electron chi connectivity index (χ3n) is 2.33. The van der Waals surface area contributed by atoms with E-state index in [1.807, 2.05) is 24.0 Å². The Balaban J connectivity index is 1.97. The van der Waals surface area contributed by atoms with Gasteiger partial charge in [0.2, 0.25) is 0 Å². The van der Waals surface area contributed by atoms with E-state index in [0.717, 1.165) is 12.4 Å². The second kappa shape index (κ2) is 4.65. The lowest BCUT2D eigenvalue weighted by molar-refractivity contribution is 0.769. The molecule has 0 atom stereocenters. The molecule has 0 saturated carbocycles. The van der Waals surface area contributed by atoms with Crippen LogP contribution in [-0.2, 0) is 13.6 Å². The molecule has 0 bridgehead atoms. The van der Waals surface area contributed by atoms with Crippen LogP contribution >= 0.6 is 11.3 Å². The van der Waals surface area contributed by atoms with Crippen molar-refractivity contribution in [2.75, 3.05) is 5.32 Å². The quantitative estimate of drug-likeness (QED) is 0.887. The average Bonchev–Trinajstić information content (AvgIpc) is 2.83. The number of hydrogen-bond donors (Lipinski definition) is 1. The summed E-state index contributed by atoms with van der Waals surface area (Å²) in [6.07, 6.45) is 3.73. The molecular weight excluding hydrogens is 220 g/mol. The average molecular weight is 236 g/mol. The molecule has 0 unspecified atom stereocenters. The van der Waals surface area contributed by atoms with Crippen molar-refractivity contribution >= 4 is 17.2 Å². The minimum Gasteiger partial charge on any atom is -0.365 e. The van der Waals surface area contributed by atoms with Gasteiger partial charge in [0.25, 0.3) is 0 Å². The van der Waals surface area contributed by atoms with Crippen LogP contribution in [0.4, 0.5) is 5.82 Å². The van der Waals surface area contributed by atoms with E-state index in [2.05, 4.69) is 29.2 Å². The van der Waals surface area contributed by atoms with Gasteiger partial charge in [0, 0.05) is 30.1 Å². The van der Waals surface area contributed by atoms with E-state index >= 15 is 0 Å². The summed E-state index contributed by atoms with van der Waals surface area (Å²) in [5.74, 6) is 1.54. The van der Waals surface area contributed by atoms with Crippen molar-refractivity contribution in [2.24, 2.45) is 7.05 Å². The normalized spacial score (nSPS) is 11.0. The Bertz CT molecular complexity index is 458. The molecule has 2 aromatic heterocycles. The van der Waals surface area contributed by atoms with Crippen molar-refractivity contribution in [3.63, 3.8) is 0 Å². The molecule has 0 spiro atoms. The fraction of sp³-hybridized carbons (Fsp3) is 0.455. The second-order valence-corrected chi connectivity index (χ2v) is 5.16. The highest BCUT2D eigenvalue weighted by atomic mass is 32.1. The molecule has 86 valence electrons. The van der Waals surface area contributed by atoms with Crippen LogP contribution < -0.4 is 5.32 Å². The molecule has 0 saturated heterocycles. The molecule has 0 amide bonds. The first-order valence-corrected chi connectivity index (χ1v) is 6.15. The van der Waals surface area contributed by atoms with Gasteiger partial charge in [0.1, 0.15) is 5.82 Å². The number of nitrogens with zero attached hydrogens (tertiary/aromatic N) is 3. The van der Waals surface area contributed by atoms with Gasteiger partial charge in [-0.25, -0.2) is 4.98 Å². The Morgan fingerprint density at radius 3 is 2.88 bits per heavy atom. The number of aryl methyl sites for hydroxylation is 1. The third kappa shape index (κ3) is 2.41. The van der Waals surface area contributed by atoms with Crippen LogP contribution in [0.25, 0.3) is 0 Å². The molecule has 2 rings (SSSR count). The van der Waals surface area contributed by atoms with E-state index in [1.165, 1.54) is 9.88 Å². The summed E-state index contributed by atoms with van der Waals surface area (Å²) in [4.78, 5) is 5.65. The van der Waals surface area contributed by atoms with Crippen LogP contribution in [0.2, 0.25) is 0 Å². The van der Waals surface area contributed by atoms with Crippen LogP contribution in [0.5, 0.6) is 0 Å². The van der Waals surface area contributed by atoms with E-state index in [4.69, 9.17) is 0 Å². The maximum Gasteiger partial charge on any atom is 0.124 e. The van der Waals surface area contributed by atoms with Crippen molar-refractivity contribution in [3.8, 4) is 0 Å². The van der Waals surface area contributed by atoms with Crippen LogP contribution in [-0.4, -0.2) is 14.8 Å². The number of nitrogens with one attached hydrogen (secondary N) is 1. The van der Waals surface area contributed by atoms with Gasteiger partial charge < -0.3 is 5.32 Å². The molecule has 2 heterocycles. The smallest absolute Gasteiger partial charge is 0.124 e. The largest absolute Gasteiger partial charge is 0.365 e. The van der Waals surface area contributed by atoms with Gasteiger partial charge in [0.05, 0.1) is 17.7 Å². The van der Waals surface area contributed by atoms with E-state index in [9.17, 15) is 0 Å². The van der Waals surface area contributed by atoms with Gasteiger partial charge in [-0.3, -0.25) is 4.68 Å². The lowest BCUT2D eigenvalue weighted by Gasteiger charge is -2.03. The monoisotopic (exact) mass is 236 g/mol. The number of anilines is 1. The Labute approximate surface area is 99.3 Å². The molecule has 0 aliphatic carbocycles. The Kier molecular flexibility index (Phi) is 3.24. The number of aromatic nitrogens is 3. The summed E-state index contributed by atoms with van der Waals surface area (Å²) in [6, 6.07) is 1.96. The molecular formula is C11H16N4S. The highest BCUT2D eigenvalue weighted by molar-refractivity contribution is 7.11. The Morgan fingerprint density at radius 2 is 2.31 bits per heavy atom. The summed E-state index contributed by atoms with van der Waals surface area (Å²) in [5, 5.41) is 8.63. The van der Waals surface area contributed by atoms with Crippen molar-refractivity contribution in [1.29, 1.82) is 0 Å². The third-order valence-corrected chi connectivity index (χ3v) is 3.63. The standard InChI is InChI=1S/C11H16N4S/c1-8(2)11-13-7-9(16-11)6-12-10-4-5-14-15(10)3/h4-5,7-8,12H,6H2,1-3H3. The Hall–Kier alpha value is -1.36. The van der Waals surface area contributed by atoms with Gasteiger partial charge in [-0.05, 0) is 0 Å². The predicted octanol–water partition coefficient (Wildman–Crippen LogP) is 2.61. The summed E-state index contributed by atoms with van der Waals surface area (Å²) in [7, 11) is 1.93. The summed E-state index contributed by atoms with van der Waals surface area (Å²) < 4.78 is 1.82. The van der Waals surface area contributed by atoms with Gasteiger partial charge in [-0.1, -0.05) is 13.8 Å². The zero-order valence-electron chi connectivity index (χ0n) is 9.77. The molecule has 1 N–H and O–H groups in total. The molecule has 0 aliphatic rings. The summed E-state index contributed by atoms with van der Waals surface area (Å²) in [5.41, 5.74) is 0. The molecule has 5 heteroatoms. The van der Waals surface area contributed by atoms with Gasteiger partial charge in [-0.2, -0.15) is 5.10 Å². The molecule has 2 aromatic rings. The van der Waals surface area contributed by atoms with Crippen LogP contribution in [0.1, 0.15) is 29.7 Å². The number of hydrogen-bond acceptors (Lipinski definition) is 4. The van der Waals surface area contributed by atoms with Crippen molar-refractivity contribution < 1.29 is 0 Å². The topological polar surface area (TPSA) is 42.7 Å². The minimum absolute atomic E-state index is 0.510. The van der Waals surface area contributed by atoms with Gasteiger partial charge in [-0.15, -0.1) is 11.3 Å². The fourth-order valence-electron chi connectivity index (χ4n) is 1.40. The van der Waals surface area contributed by atoms with E-state index in [0.29, 0.717) is 5.92 Å². The van der Waals surface area contributed by atoms with Crippen LogP contribution in [0.15, 0.2) is 18.5 Å². The second-order valence-electron chi connectivity index (χ2n) is 4.01. The molecule has 4 nitrogen and oxygen atoms in total. The van der Waals surface area contributed by atoms with E-state index in [-0.39, 0.29) is 0 Å². The van der Waals surface area contributed by atoms with Crippen LogP contribution in [0.3, 0.4) is 0 Å². The Morgan fingerprint density at radius 1 is 1.50 bits per heavy atom. The molecule has 0 aromatic carbocycles. The zero-order valence-corrected chi connectivity index (χ0v) is 10.6. The summed E-state index contributed by atoms with van der Waals surface area (Å²) >= 11 is 1.77. The summed E-state index contributed by atoms with van der Waals surface area (Å²) in [6.45, 7) is 5.14. The number of rotatable bonds is 4. The van der Waals surface area contributed by atoms with Gasteiger partial charge >= 0.3 is 0 Å². The maximum absolute atomic E-state index is 4.39. The van der Waals surface area contributed by atoms with Gasteiger partial charge in [0.15, 0.2) is 0 Å². The van der Waals surface area contributed by atoms with Crippen molar-refractivity contribution in [3.05, 3.63) is 28.3 Å². The van der Waals surface area contributed by atoms with Crippen molar-refractivity contribution in [1.82, 2.24) is 14.8 Å². The minimum atomic E-state index is 0.510. The van der Waals surface area contributed by atoms with Crippen LogP contribution in [0, 0.1) is 0 Å². The van der Waals surface area contributed by atoms with Crippen molar-refractivity contribution in [2.45, 2.75) is 26.3 Å². The number of thiazole rings is 1. The van der Waals surface area contributed by atoms with E-state index in [1.54, 1.807) is 17.5 Å². The zero-order chi connectivity index (χ0) is 11.5. The fourth-order valence-corrected chi connectivity index (χ4v) is 2.26. The SMILES string of the molecule is CC(C)c1ncc(CNc2ccnn2C)s1. The van der Waals surface area contributed by atoms with E-state index < -0.39 is 0 Å². The molecule has 16 heavy (non-hydrogen) atoms. The molecule has 0 radical (unpaired) electrons. The first-order valence-electron chi connectivity index (χ1n) is 5.33. The first-order chi connectivity index (χ1) is 7.66. The first kappa shape index (κ1) is 11.1. The lowest BCUT2D eigenvalue weighted by atomic mass is 10.2. The highest BCUT2D eigenvalue weighted by Crippen LogP contribution is 2.21. The maximum atomic E-state index is 4.39. The predicted molar refractivity (Wildman–Crippen MR) is 66.7 cm³/mol. The molecule has 0 aliphatic heterocycles. The highest BCUT2D eigenvalue weighted by Gasteiger charge is 2.06. The molecule has 0 fully saturated rings. The lowest BCUT2D eigenvalue weighted by Crippen LogP contribution is -2.03.